The van der Waals surface area contributed by atoms with Gasteiger partial charge in [0.15, 0.2) is 0 Å². The van der Waals surface area contributed by atoms with Crippen molar-refractivity contribution in [3.05, 3.63) is 35.6 Å². The summed E-state index contributed by atoms with van der Waals surface area (Å²) in [6.07, 6.45) is 2.19. The number of benzene rings is 1. The molecule has 0 saturated carbocycles. The van der Waals surface area contributed by atoms with Crippen molar-refractivity contribution < 1.29 is 9.13 Å². The fourth-order valence-electron chi connectivity index (χ4n) is 2.62. The molecule has 19 heavy (non-hydrogen) atoms. The third-order valence-corrected chi connectivity index (χ3v) is 3.85. The Hall–Kier alpha value is -0.970. The zero-order valence-corrected chi connectivity index (χ0v) is 12.1. The standard InChI is InChI=1S/C15H25FN2O/c1-4-15(5-2,19-6-3)14(18-17)11-12-9-7-8-10-13(12)16/h7-10,14,18H,4-6,11,17H2,1-3H3. The lowest BCUT2D eigenvalue weighted by molar-refractivity contribution is -0.0720. The summed E-state index contributed by atoms with van der Waals surface area (Å²) in [5, 5.41) is 0. The Morgan fingerprint density at radius 2 is 1.89 bits per heavy atom. The van der Waals surface area contributed by atoms with Gasteiger partial charge in [0.1, 0.15) is 5.82 Å². The first-order chi connectivity index (χ1) is 9.13. The van der Waals surface area contributed by atoms with Crippen LogP contribution in [0.1, 0.15) is 39.2 Å². The molecule has 0 radical (unpaired) electrons. The van der Waals surface area contributed by atoms with Gasteiger partial charge >= 0.3 is 0 Å². The molecule has 3 nitrogen and oxygen atoms in total. The molecule has 1 aromatic carbocycles. The minimum Gasteiger partial charge on any atom is -0.374 e. The van der Waals surface area contributed by atoms with Crippen LogP contribution in [0.2, 0.25) is 0 Å². The number of rotatable bonds is 8. The molecule has 1 unspecified atom stereocenters. The van der Waals surface area contributed by atoms with E-state index < -0.39 is 0 Å². The Morgan fingerprint density at radius 1 is 1.26 bits per heavy atom. The largest absolute Gasteiger partial charge is 0.374 e. The van der Waals surface area contributed by atoms with E-state index in [1.807, 2.05) is 13.0 Å². The van der Waals surface area contributed by atoms with E-state index in [-0.39, 0.29) is 17.5 Å². The Labute approximate surface area is 115 Å². The second-order valence-corrected chi connectivity index (χ2v) is 4.72. The fraction of sp³-hybridized carbons (Fsp3) is 0.600. The van der Waals surface area contributed by atoms with Gasteiger partial charge in [0.05, 0.1) is 11.6 Å². The highest BCUT2D eigenvalue weighted by molar-refractivity contribution is 5.19. The molecule has 0 aliphatic carbocycles. The smallest absolute Gasteiger partial charge is 0.126 e. The number of nitrogens with one attached hydrogen (secondary N) is 1. The van der Waals surface area contributed by atoms with Crippen LogP contribution in [0.15, 0.2) is 24.3 Å². The monoisotopic (exact) mass is 268 g/mol. The van der Waals surface area contributed by atoms with Gasteiger partial charge in [0, 0.05) is 6.61 Å². The summed E-state index contributed by atoms with van der Waals surface area (Å²) in [5.41, 5.74) is 3.12. The molecular formula is C15H25FN2O. The van der Waals surface area contributed by atoms with Crippen molar-refractivity contribution >= 4 is 0 Å². The van der Waals surface area contributed by atoms with Gasteiger partial charge in [-0.25, -0.2) is 4.39 Å². The van der Waals surface area contributed by atoms with Crippen molar-refractivity contribution in [1.82, 2.24) is 5.43 Å². The van der Waals surface area contributed by atoms with Crippen LogP contribution in [-0.2, 0) is 11.2 Å². The van der Waals surface area contributed by atoms with Gasteiger partial charge in [-0.05, 0) is 37.8 Å². The summed E-state index contributed by atoms with van der Waals surface area (Å²) in [7, 11) is 0. The van der Waals surface area contributed by atoms with E-state index in [0.29, 0.717) is 18.6 Å². The lowest BCUT2D eigenvalue weighted by Gasteiger charge is -2.39. The molecule has 1 atom stereocenters. The van der Waals surface area contributed by atoms with Crippen molar-refractivity contribution in [1.29, 1.82) is 0 Å². The van der Waals surface area contributed by atoms with Gasteiger partial charge in [-0.2, -0.15) is 0 Å². The quantitative estimate of drug-likeness (QED) is 0.563. The first-order valence-corrected chi connectivity index (χ1v) is 6.97. The van der Waals surface area contributed by atoms with Crippen LogP contribution in [0.25, 0.3) is 0 Å². The van der Waals surface area contributed by atoms with Crippen LogP contribution in [0, 0.1) is 5.82 Å². The third kappa shape index (κ3) is 3.75. The molecule has 108 valence electrons. The Bertz CT molecular complexity index is 380. The maximum Gasteiger partial charge on any atom is 0.126 e. The predicted octanol–water partition coefficient (Wildman–Crippen LogP) is 2.80. The van der Waals surface area contributed by atoms with Gasteiger partial charge in [-0.15, -0.1) is 0 Å². The van der Waals surface area contributed by atoms with E-state index in [4.69, 9.17) is 10.6 Å². The molecule has 0 aliphatic heterocycles. The zero-order valence-electron chi connectivity index (χ0n) is 12.1. The maximum absolute atomic E-state index is 13.8. The highest BCUT2D eigenvalue weighted by atomic mass is 19.1. The molecule has 4 heteroatoms. The van der Waals surface area contributed by atoms with Crippen LogP contribution in [-0.4, -0.2) is 18.2 Å². The number of hydrogen-bond acceptors (Lipinski definition) is 3. The Morgan fingerprint density at radius 3 is 2.37 bits per heavy atom. The van der Waals surface area contributed by atoms with E-state index in [2.05, 4.69) is 19.3 Å². The molecule has 0 aromatic heterocycles. The van der Waals surface area contributed by atoms with Crippen molar-refractivity contribution in [2.75, 3.05) is 6.61 Å². The number of nitrogens with two attached hydrogens (primary N) is 1. The Balaban J connectivity index is 2.95. The predicted molar refractivity (Wildman–Crippen MR) is 76.2 cm³/mol. The van der Waals surface area contributed by atoms with Crippen molar-refractivity contribution in [3.63, 3.8) is 0 Å². The first-order valence-electron chi connectivity index (χ1n) is 6.97. The molecule has 1 aromatic rings. The van der Waals surface area contributed by atoms with E-state index in [1.165, 1.54) is 6.07 Å². The second kappa shape index (κ2) is 7.58. The molecule has 3 N–H and O–H groups in total. The summed E-state index contributed by atoms with van der Waals surface area (Å²) >= 11 is 0. The fourth-order valence-corrected chi connectivity index (χ4v) is 2.62. The second-order valence-electron chi connectivity index (χ2n) is 4.72. The summed E-state index contributed by atoms with van der Waals surface area (Å²) in [6, 6.07) is 6.69. The van der Waals surface area contributed by atoms with Gasteiger partial charge in [-0.3, -0.25) is 11.3 Å². The molecule has 0 saturated heterocycles. The minimum absolute atomic E-state index is 0.112. The number of ether oxygens (including phenoxy) is 1. The van der Waals surface area contributed by atoms with Crippen LogP contribution >= 0.6 is 0 Å². The normalized spacial score (nSPS) is 13.5. The third-order valence-electron chi connectivity index (χ3n) is 3.85. The molecule has 0 aliphatic rings. The van der Waals surface area contributed by atoms with Gasteiger partial charge in [0.2, 0.25) is 0 Å². The average molecular weight is 268 g/mol. The molecule has 0 heterocycles. The van der Waals surface area contributed by atoms with Crippen LogP contribution < -0.4 is 11.3 Å². The maximum atomic E-state index is 13.8. The first kappa shape index (κ1) is 16.1. The highest BCUT2D eigenvalue weighted by Gasteiger charge is 2.36. The van der Waals surface area contributed by atoms with Gasteiger partial charge < -0.3 is 4.74 Å². The van der Waals surface area contributed by atoms with E-state index >= 15 is 0 Å². The topological polar surface area (TPSA) is 47.3 Å². The average Bonchev–Trinajstić information content (AvgIpc) is 2.44. The molecule has 1 rings (SSSR count). The molecule has 0 amide bonds. The lowest BCUT2D eigenvalue weighted by atomic mass is 9.84. The van der Waals surface area contributed by atoms with E-state index in [0.717, 1.165) is 12.8 Å². The molecule has 0 fully saturated rings. The summed E-state index contributed by atoms with van der Waals surface area (Å²) in [5.74, 6) is 5.49. The SMILES string of the molecule is CCOC(CC)(CC)C(Cc1ccccc1F)NN. The summed E-state index contributed by atoms with van der Waals surface area (Å²) in [6.45, 7) is 6.74. The van der Waals surface area contributed by atoms with Crippen molar-refractivity contribution in [3.8, 4) is 0 Å². The van der Waals surface area contributed by atoms with Gasteiger partial charge in [-0.1, -0.05) is 32.0 Å². The van der Waals surface area contributed by atoms with Crippen LogP contribution in [0.5, 0.6) is 0 Å². The number of hydrogen-bond donors (Lipinski definition) is 2. The van der Waals surface area contributed by atoms with Crippen LogP contribution in [0.4, 0.5) is 4.39 Å². The molecular weight excluding hydrogens is 243 g/mol. The van der Waals surface area contributed by atoms with E-state index in [1.54, 1.807) is 12.1 Å². The van der Waals surface area contributed by atoms with Crippen molar-refractivity contribution in [2.45, 2.75) is 51.7 Å². The molecule has 0 spiro atoms. The number of halogens is 1. The van der Waals surface area contributed by atoms with Crippen molar-refractivity contribution in [2.24, 2.45) is 5.84 Å². The zero-order chi connectivity index (χ0) is 14.3. The van der Waals surface area contributed by atoms with E-state index in [9.17, 15) is 4.39 Å². The summed E-state index contributed by atoms with van der Waals surface area (Å²) in [4.78, 5) is 0. The van der Waals surface area contributed by atoms with Gasteiger partial charge in [0.25, 0.3) is 0 Å². The minimum atomic E-state index is -0.355. The van der Waals surface area contributed by atoms with Crippen LogP contribution in [0.3, 0.4) is 0 Å². The lowest BCUT2D eigenvalue weighted by Crippen LogP contribution is -2.55. The summed E-state index contributed by atoms with van der Waals surface area (Å²) < 4.78 is 19.7. The molecule has 0 bridgehead atoms. The highest BCUT2D eigenvalue weighted by Crippen LogP contribution is 2.27. The number of hydrazine groups is 1. The Kier molecular flexibility index (Phi) is 6.42.